The van der Waals surface area contributed by atoms with Crippen LogP contribution in [0.25, 0.3) is 10.9 Å². The number of benzene rings is 1. The van der Waals surface area contributed by atoms with Gasteiger partial charge in [0.1, 0.15) is 18.0 Å². The highest BCUT2D eigenvalue weighted by molar-refractivity contribution is 7.90. The number of rotatable bonds is 3. The number of hydrogen-bond donors (Lipinski definition) is 0. The lowest BCUT2D eigenvalue weighted by Crippen LogP contribution is -2.47. The molecule has 1 aromatic carbocycles. The highest BCUT2D eigenvalue weighted by atomic mass is 32.2. The van der Waals surface area contributed by atoms with Gasteiger partial charge < -0.3 is 9.80 Å². The molecule has 7 nitrogen and oxygen atoms in total. The second-order valence-corrected chi connectivity index (χ2v) is 8.33. The molecule has 0 aliphatic carbocycles. The van der Waals surface area contributed by atoms with Crippen LogP contribution < -0.4 is 9.80 Å². The molecule has 1 saturated heterocycles. The Hall–Kier alpha value is -2.74. The Morgan fingerprint density at radius 2 is 1.69 bits per heavy atom. The number of piperazine rings is 1. The molecule has 3 aromatic rings. The zero-order valence-corrected chi connectivity index (χ0v) is 15.2. The second-order valence-electron chi connectivity index (χ2n) is 6.31. The van der Waals surface area contributed by atoms with Crippen LogP contribution in [-0.4, -0.2) is 55.8 Å². The summed E-state index contributed by atoms with van der Waals surface area (Å²) in [6, 6.07) is 10.9. The molecule has 1 aliphatic rings. The second kappa shape index (κ2) is 6.53. The number of aromatic nitrogens is 3. The highest BCUT2D eigenvalue weighted by Gasteiger charge is 2.21. The van der Waals surface area contributed by atoms with E-state index in [1.165, 1.54) is 12.6 Å². The van der Waals surface area contributed by atoms with Gasteiger partial charge in [0.15, 0.2) is 9.84 Å². The number of hydrogen-bond acceptors (Lipinski definition) is 7. The first-order valence-electron chi connectivity index (χ1n) is 8.38. The summed E-state index contributed by atoms with van der Waals surface area (Å²) in [6.07, 6.45) is 4.54. The van der Waals surface area contributed by atoms with Gasteiger partial charge in [-0.2, -0.15) is 0 Å². The summed E-state index contributed by atoms with van der Waals surface area (Å²) in [5, 5.41) is 0.765. The SMILES string of the molecule is CS(=O)(=O)c1ccc2ncnc(N3CCN(c4ccccn4)CC3)c2c1. The first kappa shape index (κ1) is 16.7. The molecule has 3 heterocycles. The third kappa shape index (κ3) is 3.20. The van der Waals surface area contributed by atoms with Crippen molar-refractivity contribution in [1.82, 2.24) is 15.0 Å². The molecule has 2 aromatic heterocycles. The molecule has 26 heavy (non-hydrogen) atoms. The molecule has 0 saturated carbocycles. The summed E-state index contributed by atoms with van der Waals surface area (Å²) in [7, 11) is -3.28. The lowest BCUT2D eigenvalue weighted by Gasteiger charge is -2.36. The summed E-state index contributed by atoms with van der Waals surface area (Å²) in [4.78, 5) is 17.8. The smallest absolute Gasteiger partial charge is 0.175 e. The van der Waals surface area contributed by atoms with Gasteiger partial charge in [-0.15, -0.1) is 0 Å². The zero-order valence-electron chi connectivity index (χ0n) is 14.4. The van der Waals surface area contributed by atoms with Crippen LogP contribution in [0.5, 0.6) is 0 Å². The Labute approximate surface area is 152 Å². The van der Waals surface area contributed by atoms with Crippen LogP contribution in [0.3, 0.4) is 0 Å². The fourth-order valence-corrected chi connectivity index (χ4v) is 3.84. The molecule has 0 radical (unpaired) electrons. The minimum absolute atomic E-state index is 0.285. The van der Waals surface area contributed by atoms with Crippen LogP contribution in [0.2, 0.25) is 0 Å². The van der Waals surface area contributed by atoms with Crippen molar-refractivity contribution in [3.63, 3.8) is 0 Å². The predicted molar refractivity (Wildman–Crippen MR) is 101 cm³/mol. The van der Waals surface area contributed by atoms with Gasteiger partial charge >= 0.3 is 0 Å². The van der Waals surface area contributed by atoms with E-state index in [0.29, 0.717) is 0 Å². The Bertz CT molecular complexity index is 1030. The Kier molecular flexibility index (Phi) is 4.20. The minimum atomic E-state index is -3.28. The molecular formula is C18H19N5O2S. The van der Waals surface area contributed by atoms with Crippen molar-refractivity contribution in [2.75, 3.05) is 42.2 Å². The van der Waals surface area contributed by atoms with E-state index in [1.807, 2.05) is 18.2 Å². The first-order valence-corrected chi connectivity index (χ1v) is 10.3. The monoisotopic (exact) mass is 369 g/mol. The van der Waals surface area contributed by atoms with E-state index < -0.39 is 9.84 Å². The van der Waals surface area contributed by atoms with Gasteiger partial charge in [0.05, 0.1) is 10.4 Å². The summed E-state index contributed by atoms with van der Waals surface area (Å²) in [6.45, 7) is 3.22. The largest absolute Gasteiger partial charge is 0.353 e. The molecule has 0 N–H and O–H groups in total. The third-order valence-electron chi connectivity index (χ3n) is 4.57. The van der Waals surface area contributed by atoms with Crippen molar-refractivity contribution in [2.24, 2.45) is 0 Å². The molecule has 8 heteroatoms. The van der Waals surface area contributed by atoms with Gasteiger partial charge in [0.2, 0.25) is 0 Å². The predicted octanol–water partition coefficient (Wildman–Crippen LogP) is 1.75. The lowest BCUT2D eigenvalue weighted by atomic mass is 10.2. The zero-order chi connectivity index (χ0) is 18.1. The van der Waals surface area contributed by atoms with Crippen LogP contribution in [0.4, 0.5) is 11.6 Å². The van der Waals surface area contributed by atoms with Gasteiger partial charge in [-0.3, -0.25) is 0 Å². The van der Waals surface area contributed by atoms with Crippen molar-refractivity contribution in [2.45, 2.75) is 4.90 Å². The average Bonchev–Trinajstić information content (AvgIpc) is 2.67. The number of anilines is 2. The van der Waals surface area contributed by atoms with Gasteiger partial charge in [0, 0.05) is 44.0 Å². The maximum Gasteiger partial charge on any atom is 0.175 e. The Morgan fingerprint density at radius 3 is 2.38 bits per heavy atom. The standard InChI is InChI=1S/C18H19N5O2S/c1-26(24,25)14-5-6-16-15(12-14)18(21-13-20-16)23-10-8-22(9-11-23)17-4-2-3-7-19-17/h2-7,12-13H,8-11H2,1H3. The quantitative estimate of drug-likeness (QED) is 0.696. The maximum atomic E-state index is 11.9. The Balaban J connectivity index is 1.63. The van der Waals surface area contributed by atoms with E-state index in [0.717, 1.165) is 48.7 Å². The van der Waals surface area contributed by atoms with Gasteiger partial charge in [-0.25, -0.2) is 23.4 Å². The third-order valence-corrected chi connectivity index (χ3v) is 5.68. The van der Waals surface area contributed by atoms with Crippen molar-refractivity contribution in [3.05, 3.63) is 48.9 Å². The topological polar surface area (TPSA) is 79.3 Å². The summed E-state index contributed by atoms with van der Waals surface area (Å²) < 4.78 is 23.8. The lowest BCUT2D eigenvalue weighted by molar-refractivity contribution is 0.602. The normalized spacial score (nSPS) is 15.4. The molecule has 0 amide bonds. The molecular weight excluding hydrogens is 350 g/mol. The molecule has 1 aliphatic heterocycles. The number of fused-ring (bicyclic) bond motifs is 1. The number of sulfone groups is 1. The number of pyridine rings is 1. The molecule has 0 unspecified atom stereocenters. The van der Waals surface area contributed by atoms with Crippen LogP contribution in [0.1, 0.15) is 0 Å². The van der Waals surface area contributed by atoms with Crippen molar-refractivity contribution < 1.29 is 8.42 Å². The summed E-state index contributed by atoms with van der Waals surface area (Å²) in [5.41, 5.74) is 0.745. The van der Waals surface area contributed by atoms with E-state index in [4.69, 9.17) is 0 Å². The summed E-state index contributed by atoms with van der Waals surface area (Å²) in [5.74, 6) is 1.75. The van der Waals surface area contributed by atoms with E-state index >= 15 is 0 Å². The average molecular weight is 369 g/mol. The molecule has 0 bridgehead atoms. The van der Waals surface area contributed by atoms with Crippen molar-refractivity contribution >= 4 is 32.4 Å². The summed E-state index contributed by atoms with van der Waals surface area (Å²) >= 11 is 0. The molecule has 134 valence electrons. The van der Waals surface area contributed by atoms with Gasteiger partial charge in [-0.1, -0.05) is 6.07 Å². The maximum absolute atomic E-state index is 11.9. The highest BCUT2D eigenvalue weighted by Crippen LogP contribution is 2.27. The Morgan fingerprint density at radius 1 is 0.923 bits per heavy atom. The van der Waals surface area contributed by atoms with Crippen LogP contribution in [-0.2, 0) is 9.84 Å². The molecule has 1 fully saturated rings. The van der Waals surface area contributed by atoms with Crippen LogP contribution >= 0.6 is 0 Å². The van der Waals surface area contributed by atoms with E-state index in [-0.39, 0.29) is 4.90 Å². The van der Waals surface area contributed by atoms with E-state index in [1.54, 1.807) is 24.4 Å². The minimum Gasteiger partial charge on any atom is -0.353 e. The fourth-order valence-electron chi connectivity index (χ4n) is 3.19. The van der Waals surface area contributed by atoms with Crippen molar-refractivity contribution in [3.8, 4) is 0 Å². The van der Waals surface area contributed by atoms with Gasteiger partial charge in [-0.05, 0) is 30.3 Å². The van der Waals surface area contributed by atoms with Crippen molar-refractivity contribution in [1.29, 1.82) is 0 Å². The number of nitrogens with zero attached hydrogens (tertiary/aromatic N) is 5. The van der Waals surface area contributed by atoms with E-state index in [9.17, 15) is 8.42 Å². The fraction of sp³-hybridized carbons (Fsp3) is 0.278. The molecule has 4 rings (SSSR count). The van der Waals surface area contributed by atoms with Crippen LogP contribution in [0.15, 0.2) is 53.8 Å². The van der Waals surface area contributed by atoms with Gasteiger partial charge in [0.25, 0.3) is 0 Å². The van der Waals surface area contributed by atoms with Crippen LogP contribution in [0, 0.1) is 0 Å². The first-order chi connectivity index (χ1) is 12.5. The van der Waals surface area contributed by atoms with E-state index in [2.05, 4.69) is 24.8 Å². The molecule has 0 spiro atoms. The molecule has 0 atom stereocenters.